The summed E-state index contributed by atoms with van der Waals surface area (Å²) in [6.07, 6.45) is 3.46. The molecule has 1 fully saturated rings. The van der Waals surface area contributed by atoms with E-state index in [9.17, 15) is 4.79 Å². The summed E-state index contributed by atoms with van der Waals surface area (Å²) >= 11 is 0. The van der Waals surface area contributed by atoms with Crippen LogP contribution in [0.25, 0.3) is 0 Å². The van der Waals surface area contributed by atoms with Gasteiger partial charge in [0, 0.05) is 18.8 Å². The van der Waals surface area contributed by atoms with Crippen molar-refractivity contribution >= 4 is 11.7 Å². The molecule has 1 aliphatic rings. The van der Waals surface area contributed by atoms with E-state index in [0.717, 1.165) is 37.1 Å². The average Bonchev–Trinajstić information content (AvgIpc) is 2.82. The molecule has 2 N–H and O–H groups in total. The number of benzene rings is 1. The lowest BCUT2D eigenvalue weighted by atomic mass is 10.2. The van der Waals surface area contributed by atoms with Gasteiger partial charge >= 0.3 is 6.03 Å². The van der Waals surface area contributed by atoms with E-state index in [1.54, 1.807) is 0 Å². The molecular formula is C14H20N2O2. The second-order valence-corrected chi connectivity index (χ2v) is 4.67. The van der Waals surface area contributed by atoms with E-state index in [4.69, 9.17) is 4.74 Å². The summed E-state index contributed by atoms with van der Waals surface area (Å²) < 4.78 is 5.50. The Morgan fingerprint density at radius 3 is 3.11 bits per heavy atom. The molecule has 1 aromatic carbocycles. The molecule has 1 aromatic rings. The molecule has 1 saturated heterocycles. The second kappa shape index (κ2) is 6.40. The Morgan fingerprint density at radius 1 is 1.50 bits per heavy atom. The molecule has 2 rings (SSSR count). The second-order valence-electron chi connectivity index (χ2n) is 4.67. The van der Waals surface area contributed by atoms with Gasteiger partial charge < -0.3 is 15.4 Å². The molecule has 4 nitrogen and oxygen atoms in total. The summed E-state index contributed by atoms with van der Waals surface area (Å²) in [5.41, 5.74) is 1.96. The molecule has 1 atom stereocenters. The monoisotopic (exact) mass is 248 g/mol. The number of amides is 2. The van der Waals surface area contributed by atoms with Crippen molar-refractivity contribution in [3.8, 4) is 0 Å². The molecule has 0 saturated carbocycles. The van der Waals surface area contributed by atoms with Gasteiger partial charge in [0.2, 0.25) is 0 Å². The van der Waals surface area contributed by atoms with Gasteiger partial charge in [-0.2, -0.15) is 0 Å². The van der Waals surface area contributed by atoms with E-state index in [0.29, 0.717) is 12.6 Å². The zero-order valence-corrected chi connectivity index (χ0v) is 10.7. The first-order valence-electron chi connectivity index (χ1n) is 6.47. The topological polar surface area (TPSA) is 50.4 Å². The van der Waals surface area contributed by atoms with Crippen LogP contribution in [0.4, 0.5) is 10.5 Å². The third-order valence-electron chi connectivity index (χ3n) is 3.05. The fourth-order valence-corrected chi connectivity index (χ4v) is 2.12. The van der Waals surface area contributed by atoms with E-state index < -0.39 is 0 Å². The van der Waals surface area contributed by atoms with Crippen LogP contribution in [0.15, 0.2) is 24.3 Å². The number of hydrogen-bond donors (Lipinski definition) is 2. The van der Waals surface area contributed by atoms with Crippen LogP contribution in [0.5, 0.6) is 0 Å². The van der Waals surface area contributed by atoms with Crippen LogP contribution in [0.3, 0.4) is 0 Å². The molecule has 0 radical (unpaired) electrons. The Labute approximate surface area is 108 Å². The SMILES string of the molecule is Cc1cccc(NC(=O)NCC[C@H]2CCCO2)c1. The molecule has 0 aromatic heterocycles. The lowest BCUT2D eigenvalue weighted by molar-refractivity contribution is 0.105. The highest BCUT2D eigenvalue weighted by Crippen LogP contribution is 2.14. The minimum absolute atomic E-state index is 0.154. The first-order valence-corrected chi connectivity index (χ1v) is 6.47. The average molecular weight is 248 g/mol. The zero-order chi connectivity index (χ0) is 12.8. The van der Waals surface area contributed by atoms with Crippen molar-refractivity contribution in [1.29, 1.82) is 0 Å². The van der Waals surface area contributed by atoms with Crippen LogP contribution in [-0.4, -0.2) is 25.3 Å². The summed E-state index contributed by atoms with van der Waals surface area (Å²) in [5, 5.41) is 5.66. The molecule has 1 aliphatic heterocycles. The summed E-state index contributed by atoms with van der Waals surface area (Å²) in [6.45, 7) is 3.52. The third kappa shape index (κ3) is 4.04. The Hall–Kier alpha value is -1.55. The van der Waals surface area contributed by atoms with Crippen molar-refractivity contribution in [1.82, 2.24) is 5.32 Å². The standard InChI is InChI=1S/C14H20N2O2/c1-11-4-2-5-12(10-11)16-14(17)15-8-7-13-6-3-9-18-13/h2,4-5,10,13H,3,6-9H2,1H3,(H2,15,16,17)/t13-/m1/s1. The number of nitrogens with one attached hydrogen (secondary N) is 2. The number of aryl methyl sites for hydroxylation is 1. The number of carbonyl (C=O) groups is 1. The molecule has 1 heterocycles. The quantitative estimate of drug-likeness (QED) is 0.860. The Bertz CT molecular complexity index is 401. The summed E-state index contributed by atoms with van der Waals surface area (Å²) in [4.78, 5) is 11.6. The number of anilines is 1. The minimum Gasteiger partial charge on any atom is -0.378 e. The van der Waals surface area contributed by atoms with Gasteiger partial charge in [-0.25, -0.2) is 4.79 Å². The molecule has 0 unspecified atom stereocenters. The van der Waals surface area contributed by atoms with E-state index in [2.05, 4.69) is 10.6 Å². The van der Waals surface area contributed by atoms with Gasteiger partial charge in [-0.3, -0.25) is 0 Å². The van der Waals surface area contributed by atoms with E-state index in [1.165, 1.54) is 0 Å². The van der Waals surface area contributed by atoms with Gasteiger partial charge in [0.05, 0.1) is 6.10 Å². The van der Waals surface area contributed by atoms with Crippen molar-refractivity contribution in [2.45, 2.75) is 32.3 Å². The predicted molar refractivity (Wildman–Crippen MR) is 71.8 cm³/mol. The predicted octanol–water partition coefficient (Wildman–Crippen LogP) is 2.69. The van der Waals surface area contributed by atoms with Crippen LogP contribution in [-0.2, 0) is 4.74 Å². The van der Waals surface area contributed by atoms with E-state index >= 15 is 0 Å². The largest absolute Gasteiger partial charge is 0.378 e. The van der Waals surface area contributed by atoms with Crippen LogP contribution in [0.1, 0.15) is 24.8 Å². The molecule has 18 heavy (non-hydrogen) atoms. The number of rotatable bonds is 4. The molecule has 98 valence electrons. The minimum atomic E-state index is -0.154. The van der Waals surface area contributed by atoms with Crippen LogP contribution < -0.4 is 10.6 Å². The van der Waals surface area contributed by atoms with Crippen LogP contribution in [0.2, 0.25) is 0 Å². The maximum atomic E-state index is 11.6. The molecule has 2 amide bonds. The summed E-state index contributed by atoms with van der Waals surface area (Å²) in [5.74, 6) is 0. The third-order valence-corrected chi connectivity index (χ3v) is 3.05. The van der Waals surface area contributed by atoms with Crippen molar-refractivity contribution in [3.05, 3.63) is 29.8 Å². The molecule has 0 spiro atoms. The van der Waals surface area contributed by atoms with Crippen molar-refractivity contribution in [2.75, 3.05) is 18.5 Å². The maximum absolute atomic E-state index is 11.6. The number of ether oxygens (including phenoxy) is 1. The zero-order valence-electron chi connectivity index (χ0n) is 10.7. The van der Waals surface area contributed by atoms with Crippen molar-refractivity contribution < 1.29 is 9.53 Å². The van der Waals surface area contributed by atoms with Crippen LogP contribution >= 0.6 is 0 Å². The fraction of sp³-hybridized carbons (Fsp3) is 0.500. The van der Waals surface area contributed by atoms with Gasteiger partial charge in [-0.15, -0.1) is 0 Å². The van der Waals surface area contributed by atoms with Gasteiger partial charge in [-0.1, -0.05) is 12.1 Å². The van der Waals surface area contributed by atoms with Gasteiger partial charge in [0.25, 0.3) is 0 Å². The van der Waals surface area contributed by atoms with Gasteiger partial charge in [0.15, 0.2) is 0 Å². The number of hydrogen-bond acceptors (Lipinski definition) is 2. The molecule has 4 heteroatoms. The van der Waals surface area contributed by atoms with Crippen LogP contribution in [0, 0.1) is 6.92 Å². The Balaban J connectivity index is 1.68. The normalized spacial score (nSPS) is 18.6. The molecule has 0 bridgehead atoms. The fourth-order valence-electron chi connectivity index (χ4n) is 2.12. The summed E-state index contributed by atoms with van der Waals surface area (Å²) in [6, 6.07) is 7.60. The summed E-state index contributed by atoms with van der Waals surface area (Å²) in [7, 11) is 0. The Morgan fingerprint density at radius 2 is 2.39 bits per heavy atom. The number of carbonyl (C=O) groups excluding carboxylic acids is 1. The highest BCUT2D eigenvalue weighted by molar-refractivity contribution is 5.89. The maximum Gasteiger partial charge on any atom is 0.319 e. The van der Waals surface area contributed by atoms with Crippen molar-refractivity contribution in [2.24, 2.45) is 0 Å². The first-order chi connectivity index (χ1) is 8.74. The lowest BCUT2D eigenvalue weighted by Gasteiger charge is -2.11. The lowest BCUT2D eigenvalue weighted by Crippen LogP contribution is -2.31. The van der Waals surface area contributed by atoms with Crippen molar-refractivity contribution in [3.63, 3.8) is 0 Å². The molecule has 0 aliphatic carbocycles. The smallest absolute Gasteiger partial charge is 0.319 e. The van der Waals surface area contributed by atoms with E-state index in [-0.39, 0.29) is 6.03 Å². The van der Waals surface area contributed by atoms with E-state index in [1.807, 2.05) is 31.2 Å². The Kier molecular flexibility index (Phi) is 4.59. The first kappa shape index (κ1) is 12.9. The van der Waals surface area contributed by atoms with Gasteiger partial charge in [-0.05, 0) is 43.9 Å². The van der Waals surface area contributed by atoms with Gasteiger partial charge in [0.1, 0.15) is 0 Å². The number of urea groups is 1. The molecular weight excluding hydrogens is 228 g/mol. The highest BCUT2D eigenvalue weighted by Gasteiger charge is 2.14. The highest BCUT2D eigenvalue weighted by atomic mass is 16.5.